The summed E-state index contributed by atoms with van der Waals surface area (Å²) < 4.78 is 18.9. The largest absolute Gasteiger partial charge is 0.490 e. The topological polar surface area (TPSA) is 45.0 Å². The van der Waals surface area contributed by atoms with Crippen LogP contribution in [0.2, 0.25) is 0 Å². The van der Waals surface area contributed by atoms with E-state index in [9.17, 15) is 9.65 Å². The standard InChI is InChI=1S/C15H19FN2O/c1-3-18-15(10-17)7-6-13(9-15)19-14-5-4-12(16)8-11(14)2/h4-5,8,13,18H,3,6-7,9H2,1-2H3. The number of hydrogen-bond acceptors (Lipinski definition) is 3. The molecule has 1 aliphatic rings. The van der Waals surface area contributed by atoms with Crippen molar-refractivity contribution >= 4 is 0 Å². The van der Waals surface area contributed by atoms with Gasteiger partial charge in [0.2, 0.25) is 0 Å². The predicted octanol–water partition coefficient (Wildman–Crippen LogP) is 2.94. The van der Waals surface area contributed by atoms with E-state index >= 15 is 0 Å². The van der Waals surface area contributed by atoms with Crippen LogP contribution >= 0.6 is 0 Å². The first-order chi connectivity index (χ1) is 9.08. The lowest BCUT2D eigenvalue weighted by atomic mass is 10.00. The highest BCUT2D eigenvalue weighted by atomic mass is 19.1. The lowest BCUT2D eigenvalue weighted by Crippen LogP contribution is -2.42. The number of halogens is 1. The Morgan fingerprint density at radius 2 is 2.37 bits per heavy atom. The number of nitrogens with one attached hydrogen (secondary N) is 1. The van der Waals surface area contributed by atoms with Gasteiger partial charge in [0.15, 0.2) is 0 Å². The Morgan fingerprint density at radius 3 is 3.00 bits per heavy atom. The van der Waals surface area contributed by atoms with E-state index in [-0.39, 0.29) is 11.9 Å². The summed E-state index contributed by atoms with van der Waals surface area (Å²) in [7, 11) is 0. The first kappa shape index (κ1) is 13.8. The average Bonchev–Trinajstić information content (AvgIpc) is 2.77. The molecule has 0 amide bonds. The molecule has 2 atom stereocenters. The van der Waals surface area contributed by atoms with Crippen molar-refractivity contribution in [1.29, 1.82) is 5.26 Å². The van der Waals surface area contributed by atoms with Crippen LogP contribution < -0.4 is 10.1 Å². The summed E-state index contributed by atoms with van der Waals surface area (Å²) in [4.78, 5) is 0. The molecule has 3 nitrogen and oxygen atoms in total. The Labute approximate surface area is 113 Å². The van der Waals surface area contributed by atoms with Crippen LogP contribution in [0.3, 0.4) is 0 Å². The van der Waals surface area contributed by atoms with Crippen molar-refractivity contribution in [2.24, 2.45) is 0 Å². The highest BCUT2D eigenvalue weighted by Crippen LogP contribution is 2.33. The highest BCUT2D eigenvalue weighted by Gasteiger charge is 2.40. The van der Waals surface area contributed by atoms with Gasteiger partial charge in [-0.25, -0.2) is 4.39 Å². The lowest BCUT2D eigenvalue weighted by Gasteiger charge is -2.22. The quantitative estimate of drug-likeness (QED) is 0.907. The second-order valence-electron chi connectivity index (χ2n) is 5.12. The van der Waals surface area contributed by atoms with Gasteiger partial charge in [0.1, 0.15) is 23.2 Å². The van der Waals surface area contributed by atoms with E-state index in [0.717, 1.165) is 24.9 Å². The first-order valence-corrected chi connectivity index (χ1v) is 6.67. The lowest BCUT2D eigenvalue weighted by molar-refractivity contribution is 0.199. The third-order valence-corrected chi connectivity index (χ3v) is 3.63. The van der Waals surface area contributed by atoms with E-state index in [2.05, 4.69) is 11.4 Å². The smallest absolute Gasteiger partial charge is 0.123 e. The van der Waals surface area contributed by atoms with Crippen LogP contribution in [-0.4, -0.2) is 18.2 Å². The highest BCUT2D eigenvalue weighted by molar-refractivity contribution is 5.33. The minimum absolute atomic E-state index is 0.0165. The van der Waals surface area contributed by atoms with Gasteiger partial charge in [-0.3, -0.25) is 5.32 Å². The molecule has 0 radical (unpaired) electrons. The summed E-state index contributed by atoms with van der Waals surface area (Å²) in [6, 6.07) is 6.89. The number of aryl methyl sites for hydroxylation is 1. The zero-order valence-corrected chi connectivity index (χ0v) is 11.4. The van der Waals surface area contributed by atoms with Gasteiger partial charge >= 0.3 is 0 Å². The van der Waals surface area contributed by atoms with Gasteiger partial charge in [-0.2, -0.15) is 5.26 Å². The Balaban J connectivity index is 2.04. The molecule has 0 bridgehead atoms. The molecule has 19 heavy (non-hydrogen) atoms. The molecule has 4 heteroatoms. The summed E-state index contributed by atoms with van der Waals surface area (Å²) in [6.45, 7) is 4.60. The predicted molar refractivity (Wildman–Crippen MR) is 71.4 cm³/mol. The molecule has 1 aromatic rings. The fourth-order valence-corrected chi connectivity index (χ4v) is 2.67. The summed E-state index contributed by atoms with van der Waals surface area (Å²) in [5.74, 6) is 0.451. The molecular formula is C15H19FN2O. The van der Waals surface area contributed by atoms with Crippen LogP contribution in [0.15, 0.2) is 18.2 Å². The molecule has 2 rings (SSSR count). The number of nitriles is 1. The van der Waals surface area contributed by atoms with Crippen molar-refractivity contribution in [2.75, 3.05) is 6.54 Å². The second-order valence-corrected chi connectivity index (χ2v) is 5.12. The molecule has 1 N–H and O–H groups in total. The fraction of sp³-hybridized carbons (Fsp3) is 0.533. The van der Waals surface area contributed by atoms with Crippen molar-refractivity contribution in [3.05, 3.63) is 29.6 Å². The molecule has 1 fully saturated rings. The monoisotopic (exact) mass is 262 g/mol. The number of benzene rings is 1. The van der Waals surface area contributed by atoms with E-state index in [1.165, 1.54) is 12.1 Å². The van der Waals surface area contributed by atoms with Crippen LogP contribution in [0.1, 0.15) is 31.7 Å². The molecular weight excluding hydrogens is 243 g/mol. The fourth-order valence-electron chi connectivity index (χ4n) is 2.67. The zero-order valence-electron chi connectivity index (χ0n) is 11.4. The van der Waals surface area contributed by atoms with Crippen LogP contribution in [0, 0.1) is 24.1 Å². The van der Waals surface area contributed by atoms with E-state index in [1.54, 1.807) is 6.07 Å². The summed E-state index contributed by atoms with van der Waals surface area (Å²) >= 11 is 0. The van der Waals surface area contributed by atoms with Crippen molar-refractivity contribution < 1.29 is 9.13 Å². The molecule has 1 aromatic carbocycles. The van der Waals surface area contributed by atoms with Crippen molar-refractivity contribution in [3.8, 4) is 11.8 Å². The van der Waals surface area contributed by atoms with Gasteiger partial charge in [0.05, 0.1) is 6.07 Å². The van der Waals surface area contributed by atoms with Gasteiger partial charge in [0.25, 0.3) is 0 Å². The Hall–Kier alpha value is -1.60. The van der Waals surface area contributed by atoms with E-state index < -0.39 is 5.54 Å². The maximum Gasteiger partial charge on any atom is 0.123 e. The van der Waals surface area contributed by atoms with Gasteiger partial charge in [-0.15, -0.1) is 0 Å². The minimum atomic E-state index is -0.465. The number of ether oxygens (including phenoxy) is 1. The first-order valence-electron chi connectivity index (χ1n) is 6.67. The molecule has 102 valence electrons. The third kappa shape index (κ3) is 3.05. The van der Waals surface area contributed by atoms with Crippen molar-refractivity contribution in [3.63, 3.8) is 0 Å². The maximum absolute atomic E-state index is 13.0. The van der Waals surface area contributed by atoms with Gasteiger partial charge in [-0.05, 0) is 50.1 Å². The molecule has 1 aliphatic carbocycles. The maximum atomic E-state index is 13.0. The van der Waals surface area contributed by atoms with Gasteiger partial charge < -0.3 is 4.74 Å². The Kier molecular flexibility index (Phi) is 4.06. The SMILES string of the molecule is CCNC1(C#N)CCC(Oc2ccc(F)cc2C)C1. The van der Waals surface area contributed by atoms with Crippen molar-refractivity contribution in [1.82, 2.24) is 5.32 Å². The molecule has 0 heterocycles. The number of rotatable bonds is 4. The number of nitrogens with zero attached hydrogens (tertiary/aromatic N) is 1. The Morgan fingerprint density at radius 1 is 1.58 bits per heavy atom. The Bertz CT molecular complexity index is 497. The van der Waals surface area contributed by atoms with Crippen LogP contribution in [0.25, 0.3) is 0 Å². The summed E-state index contributed by atoms with van der Waals surface area (Å²) in [5.41, 5.74) is 0.325. The second kappa shape index (κ2) is 5.58. The number of hydrogen-bond donors (Lipinski definition) is 1. The minimum Gasteiger partial charge on any atom is -0.490 e. The molecule has 1 saturated carbocycles. The van der Waals surface area contributed by atoms with E-state index in [0.29, 0.717) is 12.2 Å². The molecule has 2 unspecified atom stereocenters. The molecule has 0 saturated heterocycles. The average molecular weight is 262 g/mol. The van der Waals surface area contributed by atoms with Crippen molar-refractivity contribution in [2.45, 2.75) is 44.8 Å². The van der Waals surface area contributed by atoms with E-state index in [4.69, 9.17) is 4.74 Å². The van der Waals surface area contributed by atoms with Crippen LogP contribution in [0.5, 0.6) is 5.75 Å². The third-order valence-electron chi connectivity index (χ3n) is 3.63. The van der Waals surface area contributed by atoms with Gasteiger partial charge in [0, 0.05) is 6.42 Å². The summed E-state index contributed by atoms with van der Waals surface area (Å²) in [6.07, 6.45) is 2.33. The molecule has 0 aromatic heterocycles. The van der Waals surface area contributed by atoms with Gasteiger partial charge in [-0.1, -0.05) is 6.92 Å². The molecule has 0 aliphatic heterocycles. The summed E-state index contributed by atoms with van der Waals surface area (Å²) in [5, 5.41) is 12.6. The molecule has 0 spiro atoms. The zero-order chi connectivity index (χ0) is 13.9. The van der Waals surface area contributed by atoms with E-state index in [1.807, 2.05) is 13.8 Å². The van der Waals surface area contributed by atoms with Crippen LogP contribution in [-0.2, 0) is 0 Å². The van der Waals surface area contributed by atoms with Crippen LogP contribution in [0.4, 0.5) is 4.39 Å². The normalized spacial score (nSPS) is 26.1.